The van der Waals surface area contributed by atoms with E-state index >= 15 is 0 Å². The van der Waals surface area contributed by atoms with Crippen molar-refractivity contribution in [2.75, 3.05) is 0 Å². The number of unbranched alkanes of at least 4 members (excludes halogenated alkanes) is 1. The zero-order chi connectivity index (χ0) is 14.5. The van der Waals surface area contributed by atoms with Crippen LogP contribution < -0.4 is 5.43 Å². The van der Waals surface area contributed by atoms with Crippen LogP contribution in [0.3, 0.4) is 0 Å². The second kappa shape index (κ2) is 6.71. The second-order valence-electron chi connectivity index (χ2n) is 4.28. The van der Waals surface area contributed by atoms with Crippen LogP contribution >= 0.6 is 24.0 Å². The first-order valence-corrected chi connectivity index (χ1v) is 7.55. The number of hydrazine groups is 1. The molecule has 0 saturated carbocycles. The molecule has 0 bridgehead atoms. The van der Waals surface area contributed by atoms with E-state index in [2.05, 4.69) is 10.4 Å². The van der Waals surface area contributed by atoms with Crippen molar-refractivity contribution in [1.29, 1.82) is 0 Å². The van der Waals surface area contributed by atoms with Gasteiger partial charge in [0.15, 0.2) is 4.32 Å². The number of thiocarbonyl (C=S) groups is 1. The molecule has 1 fully saturated rings. The van der Waals surface area contributed by atoms with Crippen molar-refractivity contribution in [3.63, 3.8) is 0 Å². The molecule has 1 aromatic rings. The number of rotatable bonds is 5. The topological polar surface area (TPSA) is 65.2 Å². The van der Waals surface area contributed by atoms with Crippen LogP contribution in [0.15, 0.2) is 23.2 Å². The largest absolute Gasteiger partial charge is 0.362 e. The SMILES string of the molecule is CCCCC(=O)NN1C(=O)C(=Cc2ccc[nH]2)SC1=S. The van der Waals surface area contributed by atoms with Crippen LogP contribution in [-0.4, -0.2) is 26.1 Å². The second-order valence-corrected chi connectivity index (χ2v) is 5.96. The molecule has 2 N–H and O–H groups in total. The van der Waals surface area contributed by atoms with Crippen molar-refractivity contribution in [3.8, 4) is 0 Å². The molecule has 2 rings (SSSR count). The van der Waals surface area contributed by atoms with Crippen LogP contribution in [0.5, 0.6) is 0 Å². The van der Waals surface area contributed by atoms with Crippen molar-refractivity contribution < 1.29 is 9.59 Å². The summed E-state index contributed by atoms with van der Waals surface area (Å²) in [5, 5.41) is 1.15. The lowest BCUT2D eigenvalue weighted by molar-refractivity contribution is -0.133. The molecule has 7 heteroatoms. The van der Waals surface area contributed by atoms with E-state index in [1.165, 1.54) is 11.8 Å². The van der Waals surface area contributed by atoms with Gasteiger partial charge in [-0.25, -0.2) is 0 Å². The third kappa shape index (κ3) is 3.49. The number of thioether (sulfide) groups is 1. The molecule has 0 radical (unpaired) electrons. The maximum atomic E-state index is 12.2. The van der Waals surface area contributed by atoms with Crippen LogP contribution in [0.25, 0.3) is 6.08 Å². The molecule has 2 heterocycles. The van der Waals surface area contributed by atoms with Crippen LogP contribution in [0, 0.1) is 0 Å². The Labute approximate surface area is 126 Å². The van der Waals surface area contributed by atoms with E-state index < -0.39 is 0 Å². The Balaban J connectivity index is 2.04. The van der Waals surface area contributed by atoms with Crippen LogP contribution in [-0.2, 0) is 9.59 Å². The Morgan fingerprint density at radius 1 is 1.60 bits per heavy atom. The first-order valence-electron chi connectivity index (χ1n) is 6.32. The molecule has 5 nitrogen and oxygen atoms in total. The van der Waals surface area contributed by atoms with Crippen LogP contribution in [0.4, 0.5) is 0 Å². The Morgan fingerprint density at radius 2 is 2.40 bits per heavy atom. The third-order valence-corrected chi connectivity index (χ3v) is 4.00. The first kappa shape index (κ1) is 14.8. The van der Waals surface area contributed by atoms with Crippen molar-refractivity contribution in [2.45, 2.75) is 26.2 Å². The van der Waals surface area contributed by atoms with E-state index in [4.69, 9.17) is 12.2 Å². The minimum absolute atomic E-state index is 0.190. The average molecular weight is 309 g/mol. The zero-order valence-corrected chi connectivity index (χ0v) is 12.6. The Bertz CT molecular complexity index is 552. The smallest absolute Gasteiger partial charge is 0.285 e. The van der Waals surface area contributed by atoms with Crippen molar-refractivity contribution in [1.82, 2.24) is 15.4 Å². The molecule has 0 spiro atoms. The van der Waals surface area contributed by atoms with Gasteiger partial charge >= 0.3 is 0 Å². The van der Waals surface area contributed by atoms with Gasteiger partial charge in [0.05, 0.1) is 4.91 Å². The molecule has 106 valence electrons. The van der Waals surface area contributed by atoms with E-state index in [1.807, 2.05) is 19.1 Å². The average Bonchev–Trinajstić information content (AvgIpc) is 3.01. The van der Waals surface area contributed by atoms with Gasteiger partial charge in [0, 0.05) is 18.3 Å². The summed E-state index contributed by atoms with van der Waals surface area (Å²) in [6, 6.07) is 3.70. The minimum atomic E-state index is -0.292. The molecule has 1 aliphatic rings. The van der Waals surface area contributed by atoms with E-state index in [-0.39, 0.29) is 11.8 Å². The summed E-state index contributed by atoms with van der Waals surface area (Å²) in [6.45, 7) is 2.01. The van der Waals surface area contributed by atoms with Gasteiger partial charge in [-0.05, 0) is 36.8 Å². The highest BCUT2D eigenvalue weighted by Crippen LogP contribution is 2.31. The summed E-state index contributed by atoms with van der Waals surface area (Å²) in [7, 11) is 0. The molecule has 0 unspecified atom stereocenters. The zero-order valence-electron chi connectivity index (χ0n) is 11.0. The molecule has 0 aliphatic carbocycles. The fourth-order valence-corrected chi connectivity index (χ4v) is 2.83. The molecule has 2 amide bonds. The quantitative estimate of drug-likeness (QED) is 0.648. The van der Waals surface area contributed by atoms with Gasteiger partial charge in [-0.2, -0.15) is 5.01 Å². The molecular weight excluding hydrogens is 294 g/mol. The van der Waals surface area contributed by atoms with Gasteiger partial charge in [0.2, 0.25) is 5.91 Å². The summed E-state index contributed by atoms with van der Waals surface area (Å²) in [5.41, 5.74) is 3.38. The number of aromatic nitrogens is 1. The number of H-pyrrole nitrogens is 1. The monoisotopic (exact) mass is 309 g/mol. The van der Waals surface area contributed by atoms with Gasteiger partial charge < -0.3 is 4.98 Å². The Hall–Kier alpha value is -1.60. The van der Waals surface area contributed by atoms with E-state index in [1.54, 1.807) is 12.3 Å². The lowest BCUT2D eigenvalue weighted by Crippen LogP contribution is -2.44. The number of nitrogens with zero attached hydrogens (tertiary/aromatic N) is 1. The van der Waals surface area contributed by atoms with E-state index in [0.717, 1.165) is 23.5 Å². The number of aromatic amines is 1. The highest BCUT2D eigenvalue weighted by atomic mass is 32.2. The number of hydrogen-bond acceptors (Lipinski definition) is 4. The van der Waals surface area contributed by atoms with Gasteiger partial charge in [-0.3, -0.25) is 15.0 Å². The summed E-state index contributed by atoms with van der Waals surface area (Å²) < 4.78 is 0.345. The van der Waals surface area contributed by atoms with Gasteiger partial charge in [-0.1, -0.05) is 25.1 Å². The molecule has 1 aliphatic heterocycles. The van der Waals surface area contributed by atoms with Gasteiger partial charge in [0.1, 0.15) is 0 Å². The number of amides is 2. The molecular formula is C13H15N3O2S2. The molecule has 1 aromatic heterocycles. The number of carbonyl (C=O) groups is 2. The van der Waals surface area contributed by atoms with Crippen molar-refractivity contribution in [2.24, 2.45) is 0 Å². The maximum absolute atomic E-state index is 12.2. The first-order chi connectivity index (χ1) is 9.61. The fourth-order valence-electron chi connectivity index (χ4n) is 1.66. The van der Waals surface area contributed by atoms with Gasteiger partial charge in [-0.15, -0.1) is 0 Å². The van der Waals surface area contributed by atoms with Crippen LogP contribution in [0.1, 0.15) is 31.9 Å². The standard InChI is InChI=1S/C13H15N3O2S2/c1-2-3-6-11(17)15-16-12(18)10(20-13(16)19)8-9-5-4-7-14-9/h4-5,7-8,14H,2-3,6H2,1H3,(H,15,17). The normalized spacial score (nSPS) is 17.1. The summed E-state index contributed by atoms with van der Waals surface area (Å²) in [5.74, 6) is -0.483. The minimum Gasteiger partial charge on any atom is -0.362 e. The molecule has 0 aromatic carbocycles. The third-order valence-electron chi connectivity index (χ3n) is 2.70. The molecule has 20 heavy (non-hydrogen) atoms. The van der Waals surface area contributed by atoms with Crippen molar-refractivity contribution in [3.05, 3.63) is 28.9 Å². The summed E-state index contributed by atoms with van der Waals surface area (Å²) in [4.78, 5) is 27.3. The Kier molecular flexibility index (Phi) is 4.97. The van der Waals surface area contributed by atoms with Crippen molar-refractivity contribution >= 4 is 46.2 Å². The summed E-state index contributed by atoms with van der Waals surface area (Å²) in [6.07, 6.45) is 5.61. The number of hydrogen-bond donors (Lipinski definition) is 2. The van der Waals surface area contributed by atoms with Gasteiger partial charge in [0.25, 0.3) is 5.91 Å². The van der Waals surface area contributed by atoms with Crippen LogP contribution in [0.2, 0.25) is 0 Å². The predicted octanol–water partition coefficient (Wildman–Crippen LogP) is 2.44. The lowest BCUT2D eigenvalue weighted by atomic mass is 10.2. The maximum Gasteiger partial charge on any atom is 0.285 e. The van der Waals surface area contributed by atoms with E-state index in [9.17, 15) is 9.59 Å². The number of carbonyl (C=O) groups excluding carboxylic acids is 2. The number of nitrogens with one attached hydrogen (secondary N) is 2. The molecule has 1 saturated heterocycles. The predicted molar refractivity (Wildman–Crippen MR) is 83.5 cm³/mol. The lowest BCUT2D eigenvalue weighted by Gasteiger charge is -2.15. The molecule has 0 atom stereocenters. The highest BCUT2D eigenvalue weighted by Gasteiger charge is 2.33. The Morgan fingerprint density at radius 3 is 3.05 bits per heavy atom. The highest BCUT2D eigenvalue weighted by molar-refractivity contribution is 8.26. The van der Waals surface area contributed by atoms with E-state index in [0.29, 0.717) is 15.6 Å². The summed E-state index contributed by atoms with van der Waals surface area (Å²) >= 11 is 6.30. The fraction of sp³-hybridized carbons (Fsp3) is 0.308.